The predicted molar refractivity (Wildman–Crippen MR) is 121 cm³/mol. The number of anilines is 2. The van der Waals surface area contributed by atoms with Crippen molar-refractivity contribution in [3.05, 3.63) is 30.0 Å². The number of hydrogen-bond acceptors (Lipinski definition) is 8. The summed E-state index contributed by atoms with van der Waals surface area (Å²) in [5.74, 6) is 0.563. The lowest BCUT2D eigenvalue weighted by atomic mass is 10.3. The van der Waals surface area contributed by atoms with Gasteiger partial charge in [-0.1, -0.05) is 5.16 Å². The lowest BCUT2D eigenvalue weighted by Gasteiger charge is -2.19. The normalized spacial score (nSPS) is 14.3. The molecule has 1 saturated heterocycles. The highest BCUT2D eigenvalue weighted by Crippen LogP contribution is 2.31. The first-order valence-electron chi connectivity index (χ1n) is 10.2. The van der Waals surface area contributed by atoms with Gasteiger partial charge in [0, 0.05) is 24.8 Å². The maximum Gasteiger partial charge on any atom is 0.246 e. The molecule has 174 valence electrons. The van der Waals surface area contributed by atoms with E-state index in [1.54, 1.807) is 32.0 Å². The quantitative estimate of drug-likeness (QED) is 0.528. The van der Waals surface area contributed by atoms with Crippen LogP contribution >= 0.6 is 11.8 Å². The Bertz CT molecular complexity index is 1060. The molecule has 0 radical (unpaired) electrons. The molecule has 1 aliphatic rings. The van der Waals surface area contributed by atoms with Crippen molar-refractivity contribution in [2.24, 2.45) is 0 Å². The predicted octanol–water partition coefficient (Wildman–Crippen LogP) is 2.48. The summed E-state index contributed by atoms with van der Waals surface area (Å²) in [5, 5.41) is 8.93. The second-order valence-corrected chi connectivity index (χ2v) is 10.0. The molecule has 32 heavy (non-hydrogen) atoms. The van der Waals surface area contributed by atoms with Crippen LogP contribution in [0.2, 0.25) is 0 Å². The number of thioether (sulfide) groups is 1. The summed E-state index contributed by atoms with van der Waals surface area (Å²) in [7, 11) is -3.72. The largest absolute Gasteiger partial charge is 0.492 e. The second kappa shape index (κ2) is 10.8. The number of hydrogen-bond donors (Lipinski definition) is 2. The highest BCUT2D eigenvalue weighted by molar-refractivity contribution is 8.00. The van der Waals surface area contributed by atoms with Gasteiger partial charge in [0.05, 0.1) is 18.1 Å². The number of carbonyl (C=O) groups excluding carboxylic acids is 2. The third-order valence-corrected chi connectivity index (χ3v) is 7.42. The number of ether oxygens (including phenoxy) is 1. The van der Waals surface area contributed by atoms with Crippen LogP contribution in [0, 0.1) is 6.92 Å². The Hall–Kier alpha value is -2.57. The number of rotatable bonds is 10. The molecular formula is C20H26N4O6S2. The van der Waals surface area contributed by atoms with Gasteiger partial charge in [0.2, 0.25) is 21.8 Å². The number of aromatic nitrogens is 1. The minimum Gasteiger partial charge on any atom is -0.492 e. The molecular weight excluding hydrogens is 456 g/mol. The molecule has 1 aliphatic heterocycles. The van der Waals surface area contributed by atoms with E-state index >= 15 is 0 Å². The summed E-state index contributed by atoms with van der Waals surface area (Å²) in [6.07, 6.45) is 1.64. The lowest BCUT2D eigenvalue weighted by Crippen LogP contribution is -2.28. The van der Waals surface area contributed by atoms with Crippen molar-refractivity contribution in [1.82, 2.24) is 9.46 Å². The van der Waals surface area contributed by atoms with Gasteiger partial charge in [-0.25, -0.2) is 8.42 Å². The smallest absolute Gasteiger partial charge is 0.246 e. The Balaban J connectivity index is 1.58. The number of benzene rings is 1. The van der Waals surface area contributed by atoms with Crippen LogP contribution in [0.25, 0.3) is 0 Å². The van der Waals surface area contributed by atoms with Gasteiger partial charge in [0.15, 0.2) is 5.82 Å². The first-order chi connectivity index (χ1) is 15.3. The fourth-order valence-electron chi connectivity index (χ4n) is 3.17. The van der Waals surface area contributed by atoms with E-state index in [0.717, 1.165) is 24.6 Å². The van der Waals surface area contributed by atoms with Crippen molar-refractivity contribution in [2.75, 3.05) is 41.8 Å². The summed E-state index contributed by atoms with van der Waals surface area (Å²) >= 11 is 1.12. The summed E-state index contributed by atoms with van der Waals surface area (Å²) in [6.45, 7) is 4.75. The van der Waals surface area contributed by atoms with Crippen molar-refractivity contribution < 1.29 is 27.3 Å². The van der Waals surface area contributed by atoms with Crippen LogP contribution in [0.3, 0.4) is 0 Å². The molecule has 0 unspecified atom stereocenters. The number of nitrogens with one attached hydrogen (secondary N) is 2. The molecule has 2 amide bonds. The van der Waals surface area contributed by atoms with Crippen molar-refractivity contribution >= 4 is 45.1 Å². The topological polar surface area (TPSA) is 131 Å². The Morgan fingerprint density at radius 2 is 1.84 bits per heavy atom. The standard InChI is InChI=1S/C20H26N4O6S2/c1-3-29-16-7-6-15(11-17(16)32(27,28)24-8-4-5-9-24)21-19(25)12-31-13-20(26)22-18-10-14(2)30-23-18/h6-7,10-11H,3-5,8-9,12-13H2,1-2H3,(H,21,25)(H,22,23,26). The lowest BCUT2D eigenvalue weighted by molar-refractivity contribution is -0.114. The third kappa shape index (κ3) is 6.24. The van der Waals surface area contributed by atoms with Crippen LogP contribution in [0.15, 0.2) is 33.7 Å². The average molecular weight is 483 g/mol. The van der Waals surface area contributed by atoms with E-state index in [2.05, 4.69) is 15.8 Å². The molecule has 12 heteroatoms. The molecule has 2 heterocycles. The highest BCUT2D eigenvalue weighted by atomic mass is 32.2. The van der Waals surface area contributed by atoms with Crippen molar-refractivity contribution in [2.45, 2.75) is 31.6 Å². The molecule has 0 saturated carbocycles. The van der Waals surface area contributed by atoms with E-state index in [1.165, 1.54) is 10.4 Å². The Labute approximate surface area is 191 Å². The fraction of sp³-hybridized carbons (Fsp3) is 0.450. The van der Waals surface area contributed by atoms with Crippen molar-refractivity contribution in [3.8, 4) is 5.75 Å². The molecule has 0 aliphatic carbocycles. The SMILES string of the molecule is CCOc1ccc(NC(=O)CSCC(=O)Nc2cc(C)on2)cc1S(=O)(=O)N1CCCC1. The fourth-order valence-corrected chi connectivity index (χ4v) is 5.46. The van der Waals surface area contributed by atoms with Gasteiger partial charge in [-0.05, 0) is 44.9 Å². The first kappa shape index (κ1) is 24.1. The molecule has 0 spiro atoms. The number of amides is 2. The van der Waals surface area contributed by atoms with Crippen LogP contribution in [0.5, 0.6) is 5.75 Å². The number of sulfonamides is 1. The molecule has 3 rings (SSSR count). The van der Waals surface area contributed by atoms with Crippen LogP contribution < -0.4 is 15.4 Å². The average Bonchev–Trinajstić information content (AvgIpc) is 3.41. The van der Waals surface area contributed by atoms with Crippen LogP contribution in [0.1, 0.15) is 25.5 Å². The molecule has 1 aromatic heterocycles. The van der Waals surface area contributed by atoms with E-state index in [1.807, 2.05) is 0 Å². The maximum atomic E-state index is 13.0. The molecule has 10 nitrogen and oxygen atoms in total. The van der Waals surface area contributed by atoms with E-state index in [-0.39, 0.29) is 34.0 Å². The second-order valence-electron chi connectivity index (χ2n) is 7.12. The van der Waals surface area contributed by atoms with Crippen LogP contribution in [-0.2, 0) is 19.6 Å². The number of carbonyl (C=O) groups is 2. The zero-order chi connectivity index (χ0) is 23.1. The molecule has 0 atom stereocenters. The number of nitrogens with zero attached hydrogens (tertiary/aromatic N) is 2. The summed E-state index contributed by atoms with van der Waals surface area (Å²) in [5.41, 5.74) is 0.347. The van der Waals surface area contributed by atoms with Crippen LogP contribution in [0.4, 0.5) is 11.5 Å². The van der Waals surface area contributed by atoms with E-state index < -0.39 is 10.0 Å². The Morgan fingerprint density at radius 3 is 2.47 bits per heavy atom. The van der Waals surface area contributed by atoms with Gasteiger partial charge in [-0.3, -0.25) is 9.59 Å². The van der Waals surface area contributed by atoms with Crippen molar-refractivity contribution in [3.63, 3.8) is 0 Å². The van der Waals surface area contributed by atoms with Gasteiger partial charge in [-0.15, -0.1) is 11.8 Å². The van der Waals surface area contributed by atoms with Gasteiger partial charge < -0.3 is 19.9 Å². The minimum absolute atomic E-state index is 0.0205. The summed E-state index contributed by atoms with van der Waals surface area (Å²) in [4.78, 5) is 24.2. The van der Waals surface area contributed by atoms with E-state index in [4.69, 9.17) is 9.26 Å². The molecule has 1 aromatic carbocycles. The monoisotopic (exact) mass is 482 g/mol. The zero-order valence-corrected chi connectivity index (χ0v) is 19.6. The Morgan fingerprint density at radius 1 is 1.16 bits per heavy atom. The molecule has 2 aromatic rings. The van der Waals surface area contributed by atoms with E-state index in [0.29, 0.717) is 37.0 Å². The van der Waals surface area contributed by atoms with Gasteiger partial charge in [0.25, 0.3) is 0 Å². The highest BCUT2D eigenvalue weighted by Gasteiger charge is 2.30. The third-order valence-electron chi connectivity index (χ3n) is 4.57. The van der Waals surface area contributed by atoms with Gasteiger partial charge >= 0.3 is 0 Å². The van der Waals surface area contributed by atoms with E-state index in [9.17, 15) is 18.0 Å². The molecule has 0 bridgehead atoms. The summed E-state index contributed by atoms with van der Waals surface area (Å²) in [6, 6.07) is 6.15. The van der Waals surface area contributed by atoms with Crippen LogP contribution in [-0.4, -0.2) is 60.9 Å². The van der Waals surface area contributed by atoms with Gasteiger partial charge in [0.1, 0.15) is 16.4 Å². The number of aryl methyl sites for hydroxylation is 1. The Kier molecular flexibility index (Phi) is 8.15. The molecule has 1 fully saturated rings. The van der Waals surface area contributed by atoms with Gasteiger partial charge in [-0.2, -0.15) is 4.31 Å². The minimum atomic E-state index is -3.72. The maximum absolute atomic E-state index is 13.0. The molecule has 2 N–H and O–H groups in total. The van der Waals surface area contributed by atoms with Crippen molar-refractivity contribution in [1.29, 1.82) is 0 Å². The first-order valence-corrected chi connectivity index (χ1v) is 12.8. The summed E-state index contributed by atoms with van der Waals surface area (Å²) < 4.78 is 37.9. The zero-order valence-electron chi connectivity index (χ0n) is 17.9.